The molecule has 2 rings (SSSR count). The first kappa shape index (κ1) is 17.0. The van der Waals surface area contributed by atoms with Crippen molar-refractivity contribution in [3.8, 4) is 0 Å². The van der Waals surface area contributed by atoms with Crippen molar-refractivity contribution in [3.63, 3.8) is 0 Å². The van der Waals surface area contributed by atoms with Gasteiger partial charge in [-0.2, -0.15) is 0 Å². The molecular weight excluding hydrogens is 353 g/mol. The zero-order valence-electron chi connectivity index (χ0n) is 12.5. The van der Waals surface area contributed by atoms with Gasteiger partial charge in [0.15, 0.2) is 5.96 Å². The molecular formula is C14H28IN3O. The van der Waals surface area contributed by atoms with E-state index in [2.05, 4.69) is 31.1 Å². The lowest BCUT2D eigenvalue weighted by Gasteiger charge is -2.54. The van der Waals surface area contributed by atoms with Crippen molar-refractivity contribution >= 4 is 29.9 Å². The molecule has 2 aliphatic carbocycles. The molecule has 0 radical (unpaired) electrons. The van der Waals surface area contributed by atoms with Crippen LogP contribution >= 0.6 is 24.0 Å². The van der Waals surface area contributed by atoms with E-state index in [9.17, 15) is 0 Å². The number of methoxy groups -OCH3 is 1. The molecule has 2 aliphatic rings. The highest BCUT2D eigenvalue weighted by atomic mass is 127. The minimum Gasteiger partial charge on any atom is -0.380 e. The molecule has 3 N–H and O–H groups in total. The number of nitrogens with zero attached hydrogens (tertiary/aromatic N) is 1. The van der Waals surface area contributed by atoms with Gasteiger partial charge in [0, 0.05) is 24.5 Å². The van der Waals surface area contributed by atoms with Gasteiger partial charge in [0.25, 0.3) is 0 Å². The number of guanidine groups is 1. The normalized spacial score (nSPS) is 34.5. The monoisotopic (exact) mass is 381 g/mol. The second-order valence-corrected chi connectivity index (χ2v) is 6.42. The van der Waals surface area contributed by atoms with Crippen LogP contribution in [0, 0.1) is 11.3 Å². The number of hydrogen-bond donors (Lipinski definition) is 2. The molecule has 2 saturated carbocycles. The topological polar surface area (TPSA) is 59.6 Å². The average Bonchev–Trinajstić information content (AvgIpc) is 2.79. The summed E-state index contributed by atoms with van der Waals surface area (Å²) in [6, 6.07) is 0.793. The fourth-order valence-corrected chi connectivity index (χ4v) is 3.84. The van der Waals surface area contributed by atoms with E-state index in [0.29, 0.717) is 17.9 Å². The van der Waals surface area contributed by atoms with Gasteiger partial charge >= 0.3 is 0 Å². The van der Waals surface area contributed by atoms with Crippen molar-refractivity contribution < 1.29 is 4.74 Å². The maximum absolute atomic E-state index is 6.03. The largest absolute Gasteiger partial charge is 0.380 e. The van der Waals surface area contributed by atoms with E-state index < -0.39 is 0 Å². The third-order valence-corrected chi connectivity index (χ3v) is 4.71. The summed E-state index contributed by atoms with van der Waals surface area (Å²) in [5.74, 6) is 1.05. The Bertz CT molecular complexity index is 327. The van der Waals surface area contributed by atoms with Gasteiger partial charge < -0.3 is 15.8 Å². The molecule has 3 atom stereocenters. The first-order chi connectivity index (χ1) is 8.46. The molecule has 0 saturated heterocycles. The highest BCUT2D eigenvalue weighted by Crippen LogP contribution is 2.48. The first-order valence-electron chi connectivity index (χ1n) is 7.09. The van der Waals surface area contributed by atoms with E-state index in [-0.39, 0.29) is 41.5 Å². The van der Waals surface area contributed by atoms with Crippen LogP contribution in [0.15, 0.2) is 4.99 Å². The third-order valence-electron chi connectivity index (χ3n) is 4.71. The van der Waals surface area contributed by atoms with E-state index >= 15 is 0 Å². The molecule has 0 aromatic heterocycles. The van der Waals surface area contributed by atoms with Crippen molar-refractivity contribution in [1.82, 2.24) is 5.32 Å². The van der Waals surface area contributed by atoms with Crippen molar-refractivity contribution in [2.24, 2.45) is 22.1 Å². The molecule has 0 bridgehead atoms. The Labute approximate surface area is 134 Å². The molecule has 112 valence electrons. The Kier molecular flexibility index (Phi) is 5.92. The number of hydrogen-bond acceptors (Lipinski definition) is 2. The van der Waals surface area contributed by atoms with Crippen LogP contribution in [0.25, 0.3) is 0 Å². The minimum absolute atomic E-state index is 0. The number of rotatable bonds is 3. The molecule has 0 aromatic rings. The standard InChI is InChI=1S/C14H27N3O.HI/c1-9-11(14(2,3)12(9)18-4)17-13(15)16-10-7-5-6-8-10;/h9-12H,5-8H2,1-4H3,(H3,15,16,17);1H. The van der Waals surface area contributed by atoms with E-state index in [1.807, 2.05) is 0 Å². The predicted octanol–water partition coefficient (Wildman–Crippen LogP) is 2.51. The van der Waals surface area contributed by atoms with Crippen LogP contribution in [0.1, 0.15) is 46.5 Å². The van der Waals surface area contributed by atoms with Gasteiger partial charge in [-0.25, -0.2) is 4.99 Å². The lowest BCUT2D eigenvalue weighted by Crippen LogP contribution is -2.61. The summed E-state index contributed by atoms with van der Waals surface area (Å²) in [4.78, 5) is 4.68. The second kappa shape index (κ2) is 6.61. The number of nitrogens with two attached hydrogens (primary N) is 1. The van der Waals surface area contributed by atoms with Crippen LogP contribution in [-0.4, -0.2) is 31.3 Å². The molecule has 0 aromatic carbocycles. The van der Waals surface area contributed by atoms with Crippen molar-refractivity contribution in [3.05, 3.63) is 0 Å². The molecule has 4 nitrogen and oxygen atoms in total. The molecule has 19 heavy (non-hydrogen) atoms. The van der Waals surface area contributed by atoms with Crippen LogP contribution < -0.4 is 11.1 Å². The van der Waals surface area contributed by atoms with Crippen LogP contribution in [0.5, 0.6) is 0 Å². The van der Waals surface area contributed by atoms with E-state index in [4.69, 9.17) is 10.5 Å². The van der Waals surface area contributed by atoms with Gasteiger partial charge in [-0.3, -0.25) is 0 Å². The quantitative estimate of drug-likeness (QED) is 0.449. The van der Waals surface area contributed by atoms with Crippen LogP contribution in [0.2, 0.25) is 0 Å². The molecule has 5 heteroatoms. The molecule has 3 unspecified atom stereocenters. The van der Waals surface area contributed by atoms with Crippen molar-refractivity contribution in [2.45, 2.75) is 64.6 Å². The van der Waals surface area contributed by atoms with Gasteiger partial charge in [0.2, 0.25) is 0 Å². The Hall–Kier alpha value is -0.0400. The predicted molar refractivity (Wildman–Crippen MR) is 90.0 cm³/mol. The van der Waals surface area contributed by atoms with Gasteiger partial charge in [0.05, 0.1) is 12.1 Å². The van der Waals surface area contributed by atoms with Crippen molar-refractivity contribution in [2.75, 3.05) is 7.11 Å². The second-order valence-electron chi connectivity index (χ2n) is 6.42. The zero-order valence-corrected chi connectivity index (χ0v) is 14.8. The Balaban J connectivity index is 0.00000180. The summed E-state index contributed by atoms with van der Waals surface area (Å²) in [6.07, 6.45) is 5.34. The van der Waals surface area contributed by atoms with Gasteiger partial charge in [-0.15, -0.1) is 24.0 Å². The Morgan fingerprint density at radius 3 is 2.37 bits per heavy atom. The molecule has 0 aliphatic heterocycles. The maximum Gasteiger partial charge on any atom is 0.189 e. The summed E-state index contributed by atoms with van der Waals surface area (Å²) in [6.45, 7) is 6.60. The smallest absolute Gasteiger partial charge is 0.189 e. The van der Waals surface area contributed by atoms with Crippen LogP contribution in [-0.2, 0) is 4.74 Å². The van der Waals surface area contributed by atoms with E-state index in [1.165, 1.54) is 25.7 Å². The zero-order chi connectivity index (χ0) is 13.3. The van der Waals surface area contributed by atoms with Crippen LogP contribution in [0.3, 0.4) is 0 Å². The maximum atomic E-state index is 6.03. The average molecular weight is 381 g/mol. The van der Waals surface area contributed by atoms with Crippen LogP contribution in [0.4, 0.5) is 0 Å². The number of aliphatic imine (C=N–C) groups is 1. The minimum atomic E-state index is 0. The molecule has 0 amide bonds. The first-order valence-corrected chi connectivity index (χ1v) is 7.09. The molecule has 2 fully saturated rings. The highest BCUT2D eigenvalue weighted by molar-refractivity contribution is 14.0. The summed E-state index contributed by atoms with van der Waals surface area (Å²) in [5, 5.41) is 3.36. The van der Waals surface area contributed by atoms with E-state index in [0.717, 1.165) is 0 Å². The number of ether oxygens (including phenoxy) is 1. The van der Waals surface area contributed by atoms with Crippen molar-refractivity contribution in [1.29, 1.82) is 0 Å². The number of nitrogens with one attached hydrogen (secondary N) is 1. The molecule has 0 spiro atoms. The summed E-state index contributed by atoms with van der Waals surface area (Å²) in [5.41, 5.74) is 6.11. The third kappa shape index (κ3) is 3.35. The highest BCUT2D eigenvalue weighted by Gasteiger charge is 2.55. The lowest BCUT2D eigenvalue weighted by atomic mass is 9.58. The van der Waals surface area contributed by atoms with Gasteiger partial charge in [-0.05, 0) is 12.8 Å². The summed E-state index contributed by atoms with van der Waals surface area (Å²) >= 11 is 0. The SMILES string of the molecule is COC1C(C)C(N=C(N)NC2CCCC2)C1(C)C.I. The Morgan fingerprint density at radius 1 is 1.32 bits per heavy atom. The van der Waals surface area contributed by atoms with Gasteiger partial charge in [0.1, 0.15) is 0 Å². The molecule has 0 heterocycles. The Morgan fingerprint density at radius 2 is 1.89 bits per heavy atom. The fraction of sp³-hybridized carbons (Fsp3) is 0.929. The summed E-state index contributed by atoms with van der Waals surface area (Å²) in [7, 11) is 1.78. The van der Waals surface area contributed by atoms with E-state index in [1.54, 1.807) is 7.11 Å². The summed E-state index contributed by atoms with van der Waals surface area (Å²) < 4.78 is 5.53. The fourth-order valence-electron chi connectivity index (χ4n) is 3.84. The number of halogens is 1. The van der Waals surface area contributed by atoms with Gasteiger partial charge in [-0.1, -0.05) is 33.6 Å². The lowest BCUT2D eigenvalue weighted by molar-refractivity contribution is -0.132.